The average Bonchev–Trinajstić information content (AvgIpc) is 3.25. The first kappa shape index (κ1) is 18.0. The van der Waals surface area contributed by atoms with Crippen molar-refractivity contribution < 1.29 is 19.1 Å². The number of nitrogens with one attached hydrogen (secondary N) is 1. The van der Waals surface area contributed by atoms with Gasteiger partial charge in [-0.2, -0.15) is 0 Å². The summed E-state index contributed by atoms with van der Waals surface area (Å²) in [4.78, 5) is 39.5. The minimum absolute atomic E-state index is 0.00546. The number of imide groups is 1. The number of urea groups is 1. The molecular weight excluding hydrogens is 346 g/mol. The van der Waals surface area contributed by atoms with E-state index in [4.69, 9.17) is 4.74 Å². The summed E-state index contributed by atoms with van der Waals surface area (Å²) < 4.78 is 5.73. The highest BCUT2D eigenvalue weighted by atomic mass is 16.5. The second-order valence-electron chi connectivity index (χ2n) is 7.63. The van der Waals surface area contributed by atoms with Crippen molar-refractivity contribution in [3.63, 3.8) is 0 Å². The third-order valence-electron chi connectivity index (χ3n) is 5.66. The molecule has 0 spiro atoms. The van der Waals surface area contributed by atoms with Crippen LogP contribution in [-0.2, 0) is 9.53 Å². The number of hydrogen-bond acceptors (Lipinski definition) is 4. The molecule has 27 heavy (non-hydrogen) atoms. The van der Waals surface area contributed by atoms with E-state index >= 15 is 0 Å². The zero-order valence-corrected chi connectivity index (χ0v) is 15.4. The Labute approximate surface area is 158 Å². The number of anilines is 1. The number of ether oxygens (including phenoxy) is 1. The molecule has 4 amide bonds. The van der Waals surface area contributed by atoms with Gasteiger partial charge in [0.05, 0.1) is 6.10 Å². The molecule has 0 bridgehead atoms. The number of nitrogens with zero attached hydrogens (tertiary/aromatic N) is 2. The zero-order valence-electron chi connectivity index (χ0n) is 15.4. The van der Waals surface area contributed by atoms with Crippen molar-refractivity contribution in [2.24, 2.45) is 5.92 Å². The predicted octanol–water partition coefficient (Wildman–Crippen LogP) is 2.16. The number of rotatable bonds is 6. The largest absolute Gasteiger partial charge is 0.376 e. The fourth-order valence-electron chi connectivity index (χ4n) is 3.88. The molecule has 4 rings (SSSR count). The van der Waals surface area contributed by atoms with Crippen molar-refractivity contribution in [1.82, 2.24) is 10.2 Å². The molecule has 3 fully saturated rings. The van der Waals surface area contributed by atoms with Crippen molar-refractivity contribution in [2.45, 2.75) is 38.2 Å². The molecule has 1 aromatic rings. The quantitative estimate of drug-likeness (QED) is 0.778. The van der Waals surface area contributed by atoms with E-state index in [1.807, 2.05) is 4.90 Å². The van der Waals surface area contributed by atoms with Gasteiger partial charge >= 0.3 is 6.03 Å². The van der Waals surface area contributed by atoms with Crippen molar-refractivity contribution in [1.29, 1.82) is 0 Å². The minimum atomic E-state index is -0.427. The molecule has 0 radical (unpaired) electrons. The van der Waals surface area contributed by atoms with Gasteiger partial charge in [-0.05, 0) is 55.9 Å². The normalized spacial score (nSPS) is 22.7. The number of carbonyl (C=O) groups is 3. The highest BCUT2D eigenvalue weighted by Gasteiger charge is 2.30. The Kier molecular flexibility index (Phi) is 5.11. The summed E-state index contributed by atoms with van der Waals surface area (Å²) in [6, 6.07) is 6.48. The molecule has 1 aromatic carbocycles. The standard InChI is InChI=1S/C20H25N3O4/c24-18-13-23(20(26)21-18)16-8-6-15(7-9-16)19(25)22(11-14-3-1-4-14)12-17-5-2-10-27-17/h6-9,14,17H,1-5,10-13H2,(H,21,24,26)/t17-/m1/s1. The summed E-state index contributed by atoms with van der Waals surface area (Å²) >= 11 is 0. The Morgan fingerprint density at radius 1 is 1.11 bits per heavy atom. The van der Waals surface area contributed by atoms with Crippen LogP contribution in [0.3, 0.4) is 0 Å². The molecule has 0 aromatic heterocycles. The summed E-state index contributed by atoms with van der Waals surface area (Å²) in [5, 5.41) is 2.25. The van der Waals surface area contributed by atoms with Crippen molar-refractivity contribution >= 4 is 23.5 Å². The highest BCUT2D eigenvalue weighted by Crippen LogP contribution is 2.28. The Morgan fingerprint density at radius 2 is 1.89 bits per heavy atom. The maximum Gasteiger partial charge on any atom is 0.329 e. The summed E-state index contributed by atoms with van der Waals surface area (Å²) in [5.41, 5.74) is 1.21. The number of amides is 4. The molecule has 1 N–H and O–H groups in total. The van der Waals surface area contributed by atoms with Gasteiger partial charge in [-0.15, -0.1) is 0 Å². The van der Waals surface area contributed by atoms with Gasteiger partial charge in [-0.25, -0.2) is 4.79 Å². The van der Waals surface area contributed by atoms with E-state index in [1.165, 1.54) is 24.2 Å². The maximum atomic E-state index is 13.1. The lowest BCUT2D eigenvalue weighted by Crippen LogP contribution is -2.41. The first-order valence-corrected chi connectivity index (χ1v) is 9.72. The molecule has 2 heterocycles. The second kappa shape index (κ2) is 7.68. The van der Waals surface area contributed by atoms with Crippen molar-refractivity contribution in [2.75, 3.05) is 31.1 Å². The molecule has 3 aliphatic rings. The third kappa shape index (κ3) is 3.98. The molecule has 2 saturated heterocycles. The first-order chi connectivity index (χ1) is 13.1. The van der Waals surface area contributed by atoms with Gasteiger partial charge in [0.15, 0.2) is 0 Å². The van der Waals surface area contributed by atoms with Crippen LogP contribution in [0.25, 0.3) is 0 Å². The van der Waals surface area contributed by atoms with Gasteiger partial charge in [-0.1, -0.05) is 6.42 Å². The zero-order chi connectivity index (χ0) is 18.8. The molecular formula is C20H25N3O4. The summed E-state index contributed by atoms with van der Waals surface area (Å²) in [5.74, 6) is 0.281. The smallest absolute Gasteiger partial charge is 0.329 e. The van der Waals surface area contributed by atoms with Crippen LogP contribution in [0.4, 0.5) is 10.5 Å². The molecule has 2 aliphatic heterocycles. The minimum Gasteiger partial charge on any atom is -0.376 e. The van der Waals surface area contributed by atoms with Gasteiger partial charge in [0.2, 0.25) is 5.91 Å². The highest BCUT2D eigenvalue weighted by molar-refractivity contribution is 6.12. The van der Waals surface area contributed by atoms with Gasteiger partial charge in [0.25, 0.3) is 5.91 Å². The van der Waals surface area contributed by atoms with Crippen molar-refractivity contribution in [3.05, 3.63) is 29.8 Å². The SMILES string of the molecule is O=C1CN(c2ccc(C(=O)N(CC3CCC3)C[C@H]3CCCO3)cc2)C(=O)N1. The fraction of sp³-hybridized carbons (Fsp3) is 0.550. The van der Waals surface area contributed by atoms with Crippen LogP contribution in [0, 0.1) is 5.92 Å². The third-order valence-corrected chi connectivity index (χ3v) is 5.66. The van der Waals surface area contributed by atoms with Crippen molar-refractivity contribution in [3.8, 4) is 0 Å². The topological polar surface area (TPSA) is 79.0 Å². The molecule has 1 aliphatic carbocycles. The number of benzene rings is 1. The van der Waals surface area contributed by atoms with Crippen LogP contribution >= 0.6 is 0 Å². The van der Waals surface area contributed by atoms with Gasteiger partial charge in [0, 0.05) is 30.9 Å². The Morgan fingerprint density at radius 3 is 2.44 bits per heavy atom. The van der Waals surface area contributed by atoms with Gasteiger partial charge < -0.3 is 9.64 Å². The van der Waals surface area contributed by atoms with E-state index in [-0.39, 0.29) is 24.5 Å². The van der Waals surface area contributed by atoms with E-state index in [9.17, 15) is 14.4 Å². The fourth-order valence-corrected chi connectivity index (χ4v) is 3.88. The lowest BCUT2D eigenvalue weighted by atomic mass is 9.85. The van der Waals surface area contributed by atoms with Crippen LogP contribution in [0.15, 0.2) is 24.3 Å². The Balaban J connectivity index is 1.46. The van der Waals surface area contributed by atoms with E-state index in [1.54, 1.807) is 24.3 Å². The van der Waals surface area contributed by atoms with Crippen LogP contribution in [-0.4, -0.2) is 55.1 Å². The van der Waals surface area contributed by atoms with Crippen LogP contribution in [0.1, 0.15) is 42.5 Å². The second-order valence-corrected chi connectivity index (χ2v) is 7.63. The molecule has 1 atom stereocenters. The molecule has 144 valence electrons. The lowest BCUT2D eigenvalue weighted by molar-refractivity contribution is -0.117. The predicted molar refractivity (Wildman–Crippen MR) is 99.5 cm³/mol. The van der Waals surface area contributed by atoms with Gasteiger partial charge in [-0.3, -0.25) is 19.8 Å². The Hall–Kier alpha value is -2.41. The van der Waals surface area contributed by atoms with E-state index in [0.29, 0.717) is 23.7 Å². The lowest BCUT2D eigenvalue weighted by Gasteiger charge is -2.33. The first-order valence-electron chi connectivity index (χ1n) is 9.72. The molecule has 7 nitrogen and oxygen atoms in total. The van der Waals surface area contributed by atoms with E-state index < -0.39 is 6.03 Å². The summed E-state index contributed by atoms with van der Waals surface area (Å²) in [7, 11) is 0. The van der Waals surface area contributed by atoms with Gasteiger partial charge in [0.1, 0.15) is 6.54 Å². The monoisotopic (exact) mass is 371 g/mol. The van der Waals surface area contributed by atoms with E-state index in [2.05, 4.69) is 5.32 Å². The molecule has 1 saturated carbocycles. The van der Waals surface area contributed by atoms with E-state index in [0.717, 1.165) is 26.0 Å². The number of carbonyl (C=O) groups excluding carboxylic acids is 3. The van der Waals surface area contributed by atoms with Crippen LogP contribution in [0.2, 0.25) is 0 Å². The molecule has 7 heteroatoms. The van der Waals surface area contributed by atoms with Crippen LogP contribution < -0.4 is 10.2 Å². The maximum absolute atomic E-state index is 13.1. The summed E-state index contributed by atoms with van der Waals surface area (Å²) in [6.45, 7) is 2.21. The number of hydrogen-bond donors (Lipinski definition) is 1. The average molecular weight is 371 g/mol. The molecule has 0 unspecified atom stereocenters. The summed E-state index contributed by atoms with van der Waals surface area (Å²) in [6.07, 6.45) is 5.82. The Bertz CT molecular complexity index is 723. The van der Waals surface area contributed by atoms with Crippen LogP contribution in [0.5, 0.6) is 0 Å².